The molecule has 0 aliphatic rings. The van der Waals surface area contributed by atoms with Crippen molar-refractivity contribution in [3.8, 4) is 5.75 Å². The molecule has 0 atom stereocenters. The zero-order valence-electron chi connectivity index (χ0n) is 11.5. The third-order valence-corrected chi connectivity index (χ3v) is 4.23. The van der Waals surface area contributed by atoms with E-state index in [1.807, 2.05) is 12.1 Å². The first-order valence-electron chi connectivity index (χ1n) is 6.18. The summed E-state index contributed by atoms with van der Waals surface area (Å²) in [4.78, 5) is 4.58. The van der Waals surface area contributed by atoms with E-state index in [1.54, 1.807) is 6.21 Å². The molecule has 0 unspecified atom stereocenters. The van der Waals surface area contributed by atoms with Crippen LogP contribution in [0.2, 0.25) is 0 Å². The largest absolute Gasteiger partial charge is 0.506 e. The van der Waals surface area contributed by atoms with Gasteiger partial charge in [0.25, 0.3) is 0 Å². The quantitative estimate of drug-likeness (QED) is 0.659. The van der Waals surface area contributed by atoms with Crippen molar-refractivity contribution in [2.75, 3.05) is 0 Å². The van der Waals surface area contributed by atoms with E-state index >= 15 is 0 Å². The van der Waals surface area contributed by atoms with E-state index in [-0.39, 0.29) is 5.75 Å². The second-order valence-electron chi connectivity index (χ2n) is 4.84. The fourth-order valence-electron chi connectivity index (χ4n) is 2.17. The summed E-state index contributed by atoms with van der Waals surface area (Å²) in [6, 6.07) is 7.93. The summed E-state index contributed by atoms with van der Waals surface area (Å²) in [7, 11) is 0. The van der Waals surface area contributed by atoms with Crippen molar-refractivity contribution in [2.45, 2.75) is 20.8 Å². The predicted octanol–water partition coefficient (Wildman–Crippen LogP) is 5.59. The van der Waals surface area contributed by atoms with Crippen LogP contribution in [-0.2, 0) is 0 Å². The molecule has 0 aromatic heterocycles. The van der Waals surface area contributed by atoms with Gasteiger partial charge in [0.15, 0.2) is 0 Å². The number of aryl methyl sites for hydroxylation is 3. The first-order chi connectivity index (χ1) is 9.38. The molecule has 2 aromatic rings. The molecule has 0 bridgehead atoms. The van der Waals surface area contributed by atoms with Crippen LogP contribution in [-0.4, -0.2) is 11.3 Å². The number of rotatable bonds is 2. The van der Waals surface area contributed by atoms with Crippen LogP contribution in [0.5, 0.6) is 5.75 Å². The fourth-order valence-corrected chi connectivity index (χ4v) is 3.40. The van der Waals surface area contributed by atoms with Crippen LogP contribution in [0.4, 0.5) is 5.69 Å². The van der Waals surface area contributed by atoms with E-state index in [2.05, 4.69) is 69.8 Å². The smallest absolute Gasteiger partial charge is 0.143 e. The number of halogens is 2. The number of hydrogen-bond donors (Lipinski definition) is 1. The highest BCUT2D eigenvalue weighted by atomic mass is 79.9. The molecule has 2 aromatic carbocycles. The van der Waals surface area contributed by atoms with Crippen LogP contribution in [0, 0.1) is 20.8 Å². The number of benzene rings is 2. The lowest BCUT2D eigenvalue weighted by atomic mass is 10.1. The van der Waals surface area contributed by atoms with E-state index in [9.17, 15) is 5.11 Å². The summed E-state index contributed by atoms with van der Waals surface area (Å²) in [5.74, 6) is 0.199. The second kappa shape index (κ2) is 6.10. The topological polar surface area (TPSA) is 32.6 Å². The third kappa shape index (κ3) is 3.30. The van der Waals surface area contributed by atoms with Crippen molar-refractivity contribution in [3.63, 3.8) is 0 Å². The molecule has 0 fully saturated rings. The van der Waals surface area contributed by atoms with Crippen molar-refractivity contribution in [3.05, 3.63) is 55.5 Å². The Morgan fingerprint density at radius 2 is 1.45 bits per heavy atom. The highest BCUT2D eigenvalue weighted by Crippen LogP contribution is 2.33. The Labute approximate surface area is 135 Å². The zero-order valence-corrected chi connectivity index (χ0v) is 14.7. The van der Waals surface area contributed by atoms with Gasteiger partial charge in [0.2, 0.25) is 0 Å². The Morgan fingerprint density at radius 3 is 1.95 bits per heavy atom. The van der Waals surface area contributed by atoms with Crippen LogP contribution in [0.25, 0.3) is 0 Å². The Morgan fingerprint density at radius 1 is 0.950 bits per heavy atom. The molecule has 4 heteroatoms. The standard InChI is InChI=1S/C16H15Br2NO/c1-9-4-10(2)15(11(3)5-9)19-8-12-6-13(17)16(20)14(18)7-12/h4-8,20H,1-3H3. The van der Waals surface area contributed by atoms with Crippen LogP contribution in [0.1, 0.15) is 22.3 Å². The zero-order chi connectivity index (χ0) is 14.9. The molecular weight excluding hydrogens is 382 g/mol. The lowest BCUT2D eigenvalue weighted by molar-refractivity contribution is 0.468. The molecule has 0 amide bonds. The van der Waals surface area contributed by atoms with E-state index in [0.717, 1.165) is 22.4 Å². The van der Waals surface area contributed by atoms with Crippen molar-refractivity contribution >= 4 is 43.8 Å². The Hall–Kier alpha value is -1.13. The van der Waals surface area contributed by atoms with Crippen molar-refractivity contribution < 1.29 is 5.11 Å². The van der Waals surface area contributed by atoms with Crippen LogP contribution in [0.15, 0.2) is 38.2 Å². The average Bonchev–Trinajstić information content (AvgIpc) is 2.34. The Kier molecular flexibility index (Phi) is 4.66. The lowest BCUT2D eigenvalue weighted by Crippen LogP contribution is -1.86. The molecule has 2 nitrogen and oxygen atoms in total. The highest BCUT2D eigenvalue weighted by Gasteiger charge is 2.05. The van der Waals surface area contributed by atoms with Crippen LogP contribution < -0.4 is 0 Å². The number of aromatic hydroxyl groups is 1. The van der Waals surface area contributed by atoms with Crippen molar-refractivity contribution in [2.24, 2.45) is 4.99 Å². The number of hydrogen-bond acceptors (Lipinski definition) is 2. The maximum Gasteiger partial charge on any atom is 0.143 e. The second-order valence-corrected chi connectivity index (χ2v) is 6.55. The van der Waals surface area contributed by atoms with Gasteiger partial charge in [-0.3, -0.25) is 4.99 Å². The summed E-state index contributed by atoms with van der Waals surface area (Å²) in [5, 5.41) is 9.70. The molecule has 0 heterocycles. The molecule has 1 N–H and O–H groups in total. The molecule has 0 spiro atoms. The molecule has 0 aliphatic heterocycles. The summed E-state index contributed by atoms with van der Waals surface area (Å²) in [6.07, 6.45) is 1.81. The summed E-state index contributed by atoms with van der Waals surface area (Å²) < 4.78 is 1.29. The van der Waals surface area contributed by atoms with E-state index in [1.165, 1.54) is 5.56 Å². The normalized spacial score (nSPS) is 11.2. The van der Waals surface area contributed by atoms with Gasteiger partial charge in [-0.1, -0.05) is 17.7 Å². The minimum Gasteiger partial charge on any atom is -0.506 e. The van der Waals surface area contributed by atoms with Gasteiger partial charge in [0.1, 0.15) is 5.75 Å². The van der Waals surface area contributed by atoms with Gasteiger partial charge in [0.05, 0.1) is 14.6 Å². The molecule has 0 radical (unpaired) electrons. The van der Waals surface area contributed by atoms with Crippen LogP contribution in [0.3, 0.4) is 0 Å². The summed E-state index contributed by atoms with van der Waals surface area (Å²) in [6.45, 7) is 6.21. The maximum atomic E-state index is 9.70. The average molecular weight is 397 g/mol. The number of phenols is 1. The molecule has 0 aliphatic carbocycles. The van der Waals surface area contributed by atoms with E-state index in [4.69, 9.17) is 0 Å². The SMILES string of the molecule is Cc1cc(C)c(N=Cc2cc(Br)c(O)c(Br)c2)c(C)c1. The van der Waals surface area contributed by atoms with Gasteiger partial charge in [0, 0.05) is 6.21 Å². The highest BCUT2D eigenvalue weighted by molar-refractivity contribution is 9.11. The summed E-state index contributed by atoms with van der Waals surface area (Å²) in [5.41, 5.74) is 5.48. The molecule has 0 saturated carbocycles. The number of aliphatic imine (C=N–C) groups is 1. The van der Waals surface area contributed by atoms with Gasteiger partial charge in [-0.25, -0.2) is 0 Å². The van der Waals surface area contributed by atoms with Gasteiger partial charge >= 0.3 is 0 Å². The van der Waals surface area contributed by atoms with Crippen molar-refractivity contribution in [1.82, 2.24) is 0 Å². The maximum absolute atomic E-state index is 9.70. The molecular formula is C16H15Br2NO. The van der Waals surface area contributed by atoms with Gasteiger partial charge < -0.3 is 5.11 Å². The van der Waals surface area contributed by atoms with Crippen molar-refractivity contribution in [1.29, 1.82) is 0 Å². The Balaban J connectivity index is 2.40. The van der Waals surface area contributed by atoms with Crippen LogP contribution >= 0.6 is 31.9 Å². The lowest BCUT2D eigenvalue weighted by Gasteiger charge is -2.07. The molecule has 2 rings (SSSR count). The third-order valence-electron chi connectivity index (χ3n) is 3.02. The fraction of sp³-hybridized carbons (Fsp3) is 0.188. The van der Waals surface area contributed by atoms with Gasteiger partial charge in [-0.05, 0) is 81.5 Å². The molecule has 104 valence electrons. The minimum atomic E-state index is 0.199. The molecule has 20 heavy (non-hydrogen) atoms. The number of phenolic OH excluding ortho intramolecular Hbond substituents is 1. The van der Waals surface area contributed by atoms with E-state index in [0.29, 0.717) is 8.95 Å². The monoisotopic (exact) mass is 395 g/mol. The summed E-state index contributed by atoms with van der Waals surface area (Å²) >= 11 is 6.64. The van der Waals surface area contributed by atoms with Gasteiger partial charge in [-0.15, -0.1) is 0 Å². The molecule has 0 saturated heterocycles. The predicted molar refractivity (Wildman–Crippen MR) is 91.4 cm³/mol. The minimum absolute atomic E-state index is 0.199. The first kappa shape index (κ1) is 15.3. The first-order valence-corrected chi connectivity index (χ1v) is 7.77. The van der Waals surface area contributed by atoms with E-state index < -0.39 is 0 Å². The number of nitrogens with zero attached hydrogens (tertiary/aromatic N) is 1. The Bertz CT molecular complexity index is 647. The van der Waals surface area contributed by atoms with Gasteiger partial charge in [-0.2, -0.15) is 0 Å².